The van der Waals surface area contributed by atoms with Gasteiger partial charge in [-0.2, -0.15) is 0 Å². The van der Waals surface area contributed by atoms with Crippen molar-refractivity contribution in [1.82, 2.24) is 9.97 Å². The lowest BCUT2D eigenvalue weighted by Crippen LogP contribution is -2.20. The number of rotatable bonds is 4. The molecule has 1 N–H and O–H groups in total. The molecule has 0 atom stereocenters. The maximum absolute atomic E-state index is 4.79. The molecule has 22 heavy (non-hydrogen) atoms. The Morgan fingerprint density at radius 3 is 2.18 bits per heavy atom. The highest BCUT2D eigenvalue weighted by Gasteiger charge is 2.23. The molecule has 0 aliphatic rings. The number of nitrogens with zero attached hydrogens (tertiary/aromatic N) is 2. The highest BCUT2D eigenvalue weighted by molar-refractivity contribution is 5.40. The molecule has 0 unspecified atom stereocenters. The second kappa shape index (κ2) is 6.47. The van der Waals surface area contributed by atoms with E-state index in [2.05, 4.69) is 76.1 Å². The van der Waals surface area contributed by atoms with E-state index in [4.69, 9.17) is 4.98 Å². The smallest absolute Gasteiger partial charge is 0.223 e. The van der Waals surface area contributed by atoms with Gasteiger partial charge in [0, 0.05) is 24.1 Å². The molecule has 0 saturated heterocycles. The standard InChI is InChI=1S/C19H27N3/c1-7-20-18-21-14(3)16(17(22-18)19(4,5)6)12-15-10-8-13(2)9-11-15/h8-11H,7,12H2,1-6H3,(H,20,21,22). The fraction of sp³-hybridized carbons (Fsp3) is 0.474. The molecule has 0 spiro atoms. The predicted molar refractivity (Wildman–Crippen MR) is 93.6 cm³/mol. The van der Waals surface area contributed by atoms with Crippen LogP contribution in [0.1, 0.15) is 55.8 Å². The second-order valence-corrected chi connectivity index (χ2v) is 6.90. The van der Waals surface area contributed by atoms with Crippen LogP contribution in [0.25, 0.3) is 0 Å². The van der Waals surface area contributed by atoms with Crippen molar-refractivity contribution in [3.63, 3.8) is 0 Å². The summed E-state index contributed by atoms with van der Waals surface area (Å²) in [4.78, 5) is 9.41. The van der Waals surface area contributed by atoms with Crippen LogP contribution in [0.4, 0.5) is 5.95 Å². The van der Waals surface area contributed by atoms with Gasteiger partial charge in [-0.1, -0.05) is 50.6 Å². The van der Waals surface area contributed by atoms with Gasteiger partial charge in [0.2, 0.25) is 5.95 Å². The van der Waals surface area contributed by atoms with Gasteiger partial charge >= 0.3 is 0 Å². The maximum Gasteiger partial charge on any atom is 0.223 e. The molecule has 0 saturated carbocycles. The SMILES string of the molecule is CCNc1nc(C)c(Cc2ccc(C)cc2)c(C(C)(C)C)n1. The number of hydrogen-bond acceptors (Lipinski definition) is 3. The fourth-order valence-electron chi connectivity index (χ4n) is 2.58. The lowest BCUT2D eigenvalue weighted by atomic mass is 9.86. The highest BCUT2D eigenvalue weighted by Crippen LogP contribution is 2.28. The van der Waals surface area contributed by atoms with Gasteiger partial charge in [0.15, 0.2) is 0 Å². The van der Waals surface area contributed by atoms with Gasteiger partial charge in [0.25, 0.3) is 0 Å². The Morgan fingerprint density at radius 1 is 1.00 bits per heavy atom. The Bertz CT molecular complexity index is 637. The zero-order valence-corrected chi connectivity index (χ0v) is 14.6. The first-order valence-electron chi connectivity index (χ1n) is 7.98. The summed E-state index contributed by atoms with van der Waals surface area (Å²) < 4.78 is 0. The quantitative estimate of drug-likeness (QED) is 0.908. The minimum atomic E-state index is -0.00208. The van der Waals surface area contributed by atoms with Crippen molar-refractivity contribution in [3.8, 4) is 0 Å². The first-order valence-corrected chi connectivity index (χ1v) is 7.98. The molecule has 0 aliphatic heterocycles. The van der Waals surface area contributed by atoms with Gasteiger partial charge < -0.3 is 5.32 Å². The van der Waals surface area contributed by atoms with Gasteiger partial charge in [-0.15, -0.1) is 0 Å². The third-order valence-electron chi connectivity index (χ3n) is 3.76. The number of aryl methyl sites for hydroxylation is 2. The normalized spacial score (nSPS) is 11.5. The van der Waals surface area contributed by atoms with Gasteiger partial charge in [-0.3, -0.25) is 0 Å². The van der Waals surface area contributed by atoms with E-state index in [0.717, 1.165) is 30.3 Å². The van der Waals surface area contributed by atoms with Gasteiger partial charge in [-0.25, -0.2) is 9.97 Å². The van der Waals surface area contributed by atoms with E-state index < -0.39 is 0 Å². The Morgan fingerprint density at radius 2 is 1.64 bits per heavy atom. The topological polar surface area (TPSA) is 37.8 Å². The molecule has 0 fully saturated rings. The number of anilines is 1. The molecule has 2 rings (SSSR count). The number of aromatic nitrogens is 2. The zero-order chi connectivity index (χ0) is 16.3. The highest BCUT2D eigenvalue weighted by atomic mass is 15.1. The Hall–Kier alpha value is -1.90. The van der Waals surface area contributed by atoms with Crippen molar-refractivity contribution in [3.05, 3.63) is 52.3 Å². The van der Waals surface area contributed by atoms with E-state index >= 15 is 0 Å². The largest absolute Gasteiger partial charge is 0.354 e. The summed E-state index contributed by atoms with van der Waals surface area (Å²) in [5.74, 6) is 0.734. The van der Waals surface area contributed by atoms with Crippen LogP contribution in [0.2, 0.25) is 0 Å². The zero-order valence-electron chi connectivity index (χ0n) is 14.6. The van der Waals surface area contributed by atoms with E-state index in [1.807, 2.05) is 0 Å². The fourth-order valence-corrected chi connectivity index (χ4v) is 2.58. The molecule has 0 radical (unpaired) electrons. The van der Waals surface area contributed by atoms with Crippen LogP contribution in [-0.4, -0.2) is 16.5 Å². The summed E-state index contributed by atoms with van der Waals surface area (Å²) in [6, 6.07) is 8.71. The summed E-state index contributed by atoms with van der Waals surface area (Å²) in [5, 5.41) is 3.24. The van der Waals surface area contributed by atoms with Crippen LogP contribution >= 0.6 is 0 Å². The molecule has 2 aromatic rings. The van der Waals surface area contributed by atoms with Gasteiger partial charge in [0.1, 0.15) is 0 Å². The number of nitrogens with one attached hydrogen (secondary N) is 1. The van der Waals surface area contributed by atoms with Crippen molar-refractivity contribution in [2.45, 2.75) is 53.4 Å². The van der Waals surface area contributed by atoms with Gasteiger partial charge in [-0.05, 0) is 31.9 Å². The summed E-state index contributed by atoms with van der Waals surface area (Å²) in [6.07, 6.45) is 0.880. The van der Waals surface area contributed by atoms with Crippen molar-refractivity contribution in [2.24, 2.45) is 0 Å². The number of hydrogen-bond donors (Lipinski definition) is 1. The van der Waals surface area contributed by atoms with Crippen LogP contribution in [0.15, 0.2) is 24.3 Å². The summed E-state index contributed by atoms with van der Waals surface area (Å²) in [5.41, 5.74) is 6.04. The Kier molecular flexibility index (Phi) is 4.84. The van der Waals surface area contributed by atoms with Crippen LogP contribution in [0.3, 0.4) is 0 Å². The van der Waals surface area contributed by atoms with E-state index in [-0.39, 0.29) is 5.41 Å². The summed E-state index contributed by atoms with van der Waals surface area (Å²) in [6.45, 7) is 13.7. The minimum Gasteiger partial charge on any atom is -0.354 e. The molecular weight excluding hydrogens is 270 g/mol. The molecular formula is C19H27N3. The van der Waals surface area contributed by atoms with Crippen LogP contribution in [0.5, 0.6) is 0 Å². The molecule has 0 bridgehead atoms. The van der Waals surface area contributed by atoms with Crippen LogP contribution in [0, 0.1) is 13.8 Å². The molecule has 1 aromatic heterocycles. The molecule has 0 amide bonds. The van der Waals surface area contributed by atoms with E-state index in [0.29, 0.717) is 0 Å². The molecule has 1 heterocycles. The van der Waals surface area contributed by atoms with Crippen LogP contribution < -0.4 is 5.32 Å². The predicted octanol–water partition coefficient (Wildman–Crippen LogP) is 4.41. The first-order chi connectivity index (χ1) is 10.3. The third-order valence-corrected chi connectivity index (χ3v) is 3.76. The molecule has 1 aromatic carbocycles. The average molecular weight is 297 g/mol. The van der Waals surface area contributed by atoms with E-state index in [1.165, 1.54) is 16.7 Å². The molecule has 0 aliphatic carbocycles. The Labute approximate surface area is 134 Å². The van der Waals surface area contributed by atoms with Crippen molar-refractivity contribution in [1.29, 1.82) is 0 Å². The van der Waals surface area contributed by atoms with Crippen molar-refractivity contribution >= 4 is 5.95 Å². The molecule has 3 nitrogen and oxygen atoms in total. The lowest BCUT2D eigenvalue weighted by molar-refractivity contribution is 0.559. The first kappa shape index (κ1) is 16.5. The van der Waals surface area contributed by atoms with Crippen molar-refractivity contribution in [2.75, 3.05) is 11.9 Å². The number of benzene rings is 1. The lowest BCUT2D eigenvalue weighted by Gasteiger charge is -2.24. The van der Waals surface area contributed by atoms with Gasteiger partial charge in [0.05, 0.1) is 5.69 Å². The molecule has 3 heteroatoms. The average Bonchev–Trinajstić information content (AvgIpc) is 2.43. The second-order valence-electron chi connectivity index (χ2n) is 6.90. The van der Waals surface area contributed by atoms with E-state index in [1.54, 1.807) is 0 Å². The monoisotopic (exact) mass is 297 g/mol. The van der Waals surface area contributed by atoms with Crippen molar-refractivity contribution < 1.29 is 0 Å². The minimum absolute atomic E-state index is 0.00208. The summed E-state index contributed by atoms with van der Waals surface area (Å²) >= 11 is 0. The molecule has 118 valence electrons. The maximum atomic E-state index is 4.79. The third kappa shape index (κ3) is 3.85. The summed E-state index contributed by atoms with van der Waals surface area (Å²) in [7, 11) is 0. The van der Waals surface area contributed by atoms with E-state index in [9.17, 15) is 0 Å². The Balaban J connectivity index is 2.46. The van der Waals surface area contributed by atoms with Crippen LogP contribution in [-0.2, 0) is 11.8 Å².